The van der Waals surface area contributed by atoms with Crippen molar-refractivity contribution in [2.45, 2.75) is 61.9 Å². The summed E-state index contributed by atoms with van der Waals surface area (Å²) in [4.78, 5) is 26.5. The Kier molecular flexibility index (Phi) is 6.74. The number of carbonyl (C=O) groups is 1. The number of methoxy groups -OCH3 is 1. The van der Waals surface area contributed by atoms with Crippen LogP contribution < -0.4 is 10.1 Å². The molecular formula is C22H31N3O5S. The summed E-state index contributed by atoms with van der Waals surface area (Å²) in [5.74, 6) is 1.38. The SMILES string of the molecule is COc1cc([S+](C)[O-])c([N+](=O)[O-])cc1C(=O)NC1CCN(C2C3CCCC2CCC3)C1. The topological polar surface area (TPSA) is 108 Å². The Morgan fingerprint density at radius 2 is 1.84 bits per heavy atom. The Morgan fingerprint density at radius 3 is 2.39 bits per heavy atom. The normalized spacial score (nSPS) is 29.4. The standard InChI is InChI=1S/C22H31N3O5S/c1-30-19-12-20(31(2)29)18(25(27)28)11-17(19)22(26)23-16-9-10-24(13-16)21-14-5-3-6-15(21)8-4-7-14/h11-12,14-16,21H,3-10,13H2,1-2H3,(H,23,26). The Hall–Kier alpha value is -1.84. The first-order chi connectivity index (χ1) is 14.9. The molecule has 1 saturated heterocycles. The molecule has 1 aromatic rings. The Morgan fingerprint density at radius 1 is 1.19 bits per heavy atom. The highest BCUT2D eigenvalue weighted by Gasteiger charge is 2.42. The van der Waals surface area contributed by atoms with Gasteiger partial charge in [0.1, 0.15) is 12.0 Å². The summed E-state index contributed by atoms with van der Waals surface area (Å²) in [6.07, 6.45) is 10.2. The number of amides is 1. The number of likely N-dealkylation sites (tertiary alicyclic amines) is 1. The van der Waals surface area contributed by atoms with E-state index in [1.54, 1.807) is 0 Å². The largest absolute Gasteiger partial charge is 0.611 e. The van der Waals surface area contributed by atoms with Crippen molar-refractivity contribution in [2.75, 3.05) is 26.5 Å². The Balaban J connectivity index is 1.47. The molecule has 3 fully saturated rings. The van der Waals surface area contributed by atoms with E-state index < -0.39 is 16.1 Å². The maximum atomic E-state index is 13.0. The summed E-state index contributed by atoms with van der Waals surface area (Å²) >= 11 is -1.57. The van der Waals surface area contributed by atoms with Gasteiger partial charge in [-0.3, -0.25) is 19.8 Å². The zero-order chi connectivity index (χ0) is 22.1. The van der Waals surface area contributed by atoms with E-state index in [4.69, 9.17) is 4.74 Å². The molecule has 0 spiro atoms. The van der Waals surface area contributed by atoms with Crippen LogP contribution in [0, 0.1) is 22.0 Å². The molecule has 4 rings (SSSR count). The van der Waals surface area contributed by atoms with Gasteiger partial charge in [-0.25, -0.2) is 0 Å². The third kappa shape index (κ3) is 4.54. The number of nitro groups is 1. The molecule has 1 heterocycles. The number of rotatable bonds is 6. The lowest BCUT2D eigenvalue weighted by atomic mass is 9.68. The van der Waals surface area contributed by atoms with E-state index in [2.05, 4.69) is 10.2 Å². The minimum absolute atomic E-state index is 0.0129. The first-order valence-corrected chi connectivity index (χ1v) is 12.7. The average molecular weight is 450 g/mol. The highest BCUT2D eigenvalue weighted by molar-refractivity contribution is 7.90. The van der Waals surface area contributed by atoms with Gasteiger partial charge in [0, 0.05) is 37.3 Å². The predicted octanol–water partition coefficient (Wildman–Crippen LogP) is 3.11. The van der Waals surface area contributed by atoms with Crippen molar-refractivity contribution in [3.63, 3.8) is 0 Å². The third-order valence-corrected chi connectivity index (χ3v) is 8.22. The summed E-state index contributed by atoms with van der Waals surface area (Å²) in [5, 5.41) is 14.5. The molecule has 170 valence electrons. The van der Waals surface area contributed by atoms with Gasteiger partial charge in [-0.15, -0.1) is 0 Å². The molecule has 2 atom stereocenters. The van der Waals surface area contributed by atoms with Gasteiger partial charge in [-0.05, 0) is 55.1 Å². The van der Waals surface area contributed by atoms with Crippen LogP contribution in [0.25, 0.3) is 0 Å². The Labute approximate surface area is 186 Å². The smallest absolute Gasteiger partial charge is 0.324 e. The van der Waals surface area contributed by atoms with Crippen LogP contribution in [0.2, 0.25) is 0 Å². The second-order valence-electron chi connectivity index (χ2n) is 9.06. The molecule has 2 saturated carbocycles. The lowest BCUT2D eigenvalue weighted by molar-refractivity contribution is -0.387. The van der Waals surface area contributed by atoms with Gasteiger partial charge >= 0.3 is 5.69 Å². The molecule has 1 aliphatic heterocycles. The summed E-state index contributed by atoms with van der Waals surface area (Å²) in [6.45, 7) is 1.80. The van der Waals surface area contributed by atoms with Gasteiger partial charge in [-0.1, -0.05) is 12.8 Å². The van der Waals surface area contributed by atoms with E-state index in [-0.39, 0.29) is 33.8 Å². The lowest BCUT2D eigenvalue weighted by Crippen LogP contribution is -2.50. The molecule has 1 aromatic carbocycles. The molecule has 1 N–H and O–H groups in total. The van der Waals surface area contributed by atoms with Gasteiger partial charge in [0.25, 0.3) is 5.91 Å². The molecule has 1 amide bonds. The average Bonchev–Trinajstić information content (AvgIpc) is 3.20. The summed E-state index contributed by atoms with van der Waals surface area (Å²) in [6, 6.07) is 3.17. The molecule has 2 aliphatic carbocycles. The molecule has 0 radical (unpaired) electrons. The van der Waals surface area contributed by atoms with Crippen LogP contribution in [0.3, 0.4) is 0 Å². The van der Waals surface area contributed by atoms with Gasteiger partial charge < -0.3 is 14.6 Å². The van der Waals surface area contributed by atoms with Gasteiger partial charge in [0.15, 0.2) is 0 Å². The van der Waals surface area contributed by atoms with E-state index >= 15 is 0 Å². The minimum atomic E-state index is -1.57. The van der Waals surface area contributed by atoms with Crippen LogP contribution in [-0.2, 0) is 11.2 Å². The summed E-state index contributed by atoms with van der Waals surface area (Å²) in [7, 11) is 1.40. The fourth-order valence-electron chi connectivity index (χ4n) is 5.95. The number of fused-ring (bicyclic) bond motifs is 2. The molecule has 31 heavy (non-hydrogen) atoms. The van der Waals surface area contributed by atoms with Crippen LogP contribution in [0.5, 0.6) is 5.75 Å². The van der Waals surface area contributed by atoms with E-state index in [9.17, 15) is 19.5 Å². The summed E-state index contributed by atoms with van der Waals surface area (Å²) < 4.78 is 17.2. The maximum absolute atomic E-state index is 13.0. The van der Waals surface area contributed by atoms with Crippen molar-refractivity contribution in [1.82, 2.24) is 10.2 Å². The minimum Gasteiger partial charge on any atom is -0.611 e. The second-order valence-corrected chi connectivity index (χ2v) is 10.4. The number of carbonyl (C=O) groups excluding carboxylic acids is 1. The number of nitrogens with one attached hydrogen (secondary N) is 1. The van der Waals surface area contributed by atoms with Crippen LogP contribution in [0.4, 0.5) is 5.69 Å². The van der Waals surface area contributed by atoms with Crippen LogP contribution in [-0.4, -0.2) is 58.8 Å². The van der Waals surface area contributed by atoms with Crippen molar-refractivity contribution in [1.29, 1.82) is 0 Å². The van der Waals surface area contributed by atoms with Crippen molar-refractivity contribution in [2.24, 2.45) is 11.8 Å². The number of hydrogen-bond acceptors (Lipinski definition) is 6. The van der Waals surface area contributed by atoms with Gasteiger partial charge in [-0.2, -0.15) is 0 Å². The fraction of sp³-hybridized carbons (Fsp3) is 0.682. The quantitative estimate of drug-likeness (QED) is 0.406. The van der Waals surface area contributed by atoms with Crippen LogP contribution in [0.15, 0.2) is 17.0 Å². The van der Waals surface area contributed by atoms with Crippen molar-refractivity contribution >= 4 is 22.8 Å². The van der Waals surface area contributed by atoms with Gasteiger partial charge in [0.2, 0.25) is 4.90 Å². The molecular weight excluding hydrogens is 418 g/mol. The van der Waals surface area contributed by atoms with E-state index in [1.807, 2.05) is 0 Å². The van der Waals surface area contributed by atoms with Crippen LogP contribution >= 0.6 is 0 Å². The van der Waals surface area contributed by atoms with Crippen molar-refractivity contribution in [3.8, 4) is 5.75 Å². The molecule has 9 heteroatoms. The Bertz CT molecular complexity index is 827. The number of ether oxygens (including phenoxy) is 1. The monoisotopic (exact) mass is 449 g/mol. The predicted molar refractivity (Wildman–Crippen MR) is 118 cm³/mol. The van der Waals surface area contributed by atoms with E-state index in [0.29, 0.717) is 6.04 Å². The molecule has 2 bridgehead atoms. The number of nitro benzene ring substituents is 1. The third-order valence-electron chi connectivity index (χ3n) is 7.27. The van der Waals surface area contributed by atoms with Gasteiger partial charge in [0.05, 0.1) is 17.6 Å². The van der Waals surface area contributed by atoms with Crippen molar-refractivity contribution in [3.05, 3.63) is 27.8 Å². The fourth-order valence-corrected chi connectivity index (χ4v) is 6.65. The zero-order valence-electron chi connectivity index (χ0n) is 18.2. The molecule has 3 aliphatic rings. The molecule has 2 unspecified atom stereocenters. The maximum Gasteiger partial charge on any atom is 0.324 e. The van der Waals surface area contributed by atoms with Crippen LogP contribution in [0.1, 0.15) is 55.3 Å². The second kappa shape index (κ2) is 9.34. The first-order valence-electron chi connectivity index (χ1n) is 11.1. The number of hydrogen-bond donors (Lipinski definition) is 1. The first kappa shape index (κ1) is 22.4. The lowest BCUT2D eigenvalue weighted by Gasteiger charge is -2.47. The summed E-state index contributed by atoms with van der Waals surface area (Å²) in [5.41, 5.74) is -0.216. The van der Waals surface area contributed by atoms with Crippen molar-refractivity contribution < 1.29 is 19.0 Å². The highest BCUT2D eigenvalue weighted by atomic mass is 32.2. The highest BCUT2D eigenvalue weighted by Crippen LogP contribution is 2.43. The molecule has 8 nitrogen and oxygen atoms in total. The van der Waals surface area contributed by atoms with E-state index in [0.717, 1.165) is 31.3 Å². The number of benzene rings is 1. The zero-order valence-corrected chi connectivity index (χ0v) is 19.0. The number of nitrogens with zero attached hydrogens (tertiary/aromatic N) is 2. The molecule has 0 aromatic heterocycles. The van der Waals surface area contributed by atoms with E-state index in [1.165, 1.54) is 64.0 Å².